The van der Waals surface area contributed by atoms with Crippen LogP contribution in [0.25, 0.3) is 0 Å². The van der Waals surface area contributed by atoms with Crippen LogP contribution in [0, 0.1) is 13.8 Å². The molecule has 1 heterocycles. The van der Waals surface area contributed by atoms with Crippen LogP contribution in [-0.4, -0.2) is 24.7 Å². The lowest BCUT2D eigenvalue weighted by atomic mass is 10.2. The Labute approximate surface area is 95.9 Å². The molecule has 0 fully saturated rings. The van der Waals surface area contributed by atoms with E-state index in [-0.39, 0.29) is 0 Å². The minimum atomic E-state index is 0.478. The molecule has 1 rings (SSSR count). The summed E-state index contributed by atoms with van der Waals surface area (Å²) in [4.78, 5) is 5.81. The van der Waals surface area contributed by atoms with Gasteiger partial charge in [-0.1, -0.05) is 0 Å². The van der Waals surface area contributed by atoms with Crippen molar-refractivity contribution in [3.8, 4) is 0 Å². The second-order valence-electron chi connectivity index (χ2n) is 3.80. The standard InChI is InChI=1S/C11H20N2OS/c1-8(5-6-14-4)12-7-11-9(2)15-10(3)13-11/h8,12H,5-7H2,1-4H3. The molecule has 1 unspecified atom stereocenters. The zero-order valence-electron chi connectivity index (χ0n) is 9.96. The third kappa shape index (κ3) is 4.28. The Kier molecular flexibility index (Phi) is 5.22. The van der Waals surface area contributed by atoms with Gasteiger partial charge in [0, 0.05) is 31.2 Å². The van der Waals surface area contributed by atoms with Crippen LogP contribution in [0.2, 0.25) is 0 Å². The van der Waals surface area contributed by atoms with E-state index in [2.05, 4.69) is 31.1 Å². The van der Waals surface area contributed by atoms with E-state index in [0.717, 1.165) is 24.6 Å². The third-order valence-corrected chi connectivity index (χ3v) is 3.30. The average Bonchev–Trinajstić information content (AvgIpc) is 2.51. The van der Waals surface area contributed by atoms with E-state index < -0.39 is 0 Å². The predicted octanol–water partition coefficient (Wildman–Crippen LogP) is 2.27. The van der Waals surface area contributed by atoms with Gasteiger partial charge in [-0.2, -0.15) is 0 Å². The third-order valence-electron chi connectivity index (χ3n) is 2.37. The number of rotatable bonds is 6. The van der Waals surface area contributed by atoms with Gasteiger partial charge in [0.15, 0.2) is 0 Å². The molecule has 1 atom stereocenters. The Morgan fingerprint density at radius 3 is 2.73 bits per heavy atom. The second-order valence-corrected chi connectivity index (χ2v) is 5.21. The SMILES string of the molecule is COCCC(C)NCc1nc(C)sc1C. The van der Waals surface area contributed by atoms with Gasteiger partial charge < -0.3 is 10.1 Å². The molecule has 0 amide bonds. The fourth-order valence-electron chi connectivity index (χ4n) is 1.40. The number of nitrogens with one attached hydrogen (secondary N) is 1. The Balaban J connectivity index is 2.33. The maximum atomic E-state index is 5.04. The fraction of sp³-hybridized carbons (Fsp3) is 0.727. The minimum absolute atomic E-state index is 0.478. The van der Waals surface area contributed by atoms with Crippen molar-refractivity contribution in [3.63, 3.8) is 0 Å². The lowest BCUT2D eigenvalue weighted by Gasteiger charge is -2.12. The monoisotopic (exact) mass is 228 g/mol. The van der Waals surface area contributed by atoms with Crippen molar-refractivity contribution in [2.45, 2.75) is 39.8 Å². The molecule has 0 aromatic carbocycles. The first kappa shape index (κ1) is 12.6. The highest BCUT2D eigenvalue weighted by Gasteiger charge is 2.06. The van der Waals surface area contributed by atoms with E-state index in [0.29, 0.717) is 6.04 Å². The van der Waals surface area contributed by atoms with Gasteiger partial charge in [-0.15, -0.1) is 11.3 Å². The molecule has 4 heteroatoms. The van der Waals surface area contributed by atoms with Crippen LogP contribution in [0.1, 0.15) is 28.9 Å². The first-order chi connectivity index (χ1) is 7.13. The molecule has 0 aliphatic rings. The Morgan fingerprint density at radius 1 is 1.47 bits per heavy atom. The van der Waals surface area contributed by atoms with E-state index in [1.807, 2.05) is 0 Å². The van der Waals surface area contributed by atoms with Crippen LogP contribution in [-0.2, 0) is 11.3 Å². The van der Waals surface area contributed by atoms with Gasteiger partial charge >= 0.3 is 0 Å². The summed E-state index contributed by atoms with van der Waals surface area (Å²) in [6.45, 7) is 8.02. The van der Waals surface area contributed by atoms with E-state index in [1.165, 1.54) is 10.6 Å². The summed E-state index contributed by atoms with van der Waals surface area (Å²) in [6.07, 6.45) is 1.04. The molecule has 3 nitrogen and oxygen atoms in total. The van der Waals surface area contributed by atoms with Crippen molar-refractivity contribution in [2.24, 2.45) is 0 Å². The number of hydrogen-bond donors (Lipinski definition) is 1. The van der Waals surface area contributed by atoms with Gasteiger partial charge in [0.1, 0.15) is 0 Å². The highest BCUT2D eigenvalue weighted by molar-refractivity contribution is 7.11. The molecular weight excluding hydrogens is 208 g/mol. The van der Waals surface area contributed by atoms with Crippen LogP contribution in [0.15, 0.2) is 0 Å². The Morgan fingerprint density at radius 2 is 2.20 bits per heavy atom. The van der Waals surface area contributed by atoms with E-state index in [1.54, 1.807) is 18.4 Å². The first-order valence-corrected chi connectivity index (χ1v) is 6.10. The summed E-state index contributed by atoms with van der Waals surface area (Å²) in [5.74, 6) is 0. The highest BCUT2D eigenvalue weighted by Crippen LogP contribution is 2.16. The van der Waals surface area contributed by atoms with Gasteiger partial charge in [0.2, 0.25) is 0 Å². The largest absolute Gasteiger partial charge is 0.385 e. The zero-order chi connectivity index (χ0) is 11.3. The van der Waals surface area contributed by atoms with Crippen LogP contribution in [0.5, 0.6) is 0 Å². The Bertz CT molecular complexity index is 299. The summed E-state index contributed by atoms with van der Waals surface area (Å²) in [5.41, 5.74) is 1.18. The van der Waals surface area contributed by atoms with E-state index >= 15 is 0 Å². The van der Waals surface area contributed by atoms with Gasteiger partial charge in [0.05, 0.1) is 10.7 Å². The summed E-state index contributed by atoms with van der Waals surface area (Å²) >= 11 is 1.76. The molecule has 0 saturated carbocycles. The van der Waals surface area contributed by atoms with Gasteiger partial charge in [0.25, 0.3) is 0 Å². The zero-order valence-corrected chi connectivity index (χ0v) is 10.8. The molecule has 86 valence electrons. The normalized spacial score (nSPS) is 13.1. The smallest absolute Gasteiger partial charge is 0.0900 e. The number of hydrogen-bond acceptors (Lipinski definition) is 4. The number of aryl methyl sites for hydroxylation is 2. The van der Waals surface area contributed by atoms with Crippen LogP contribution in [0.4, 0.5) is 0 Å². The molecule has 0 radical (unpaired) electrons. The quantitative estimate of drug-likeness (QED) is 0.811. The van der Waals surface area contributed by atoms with Crippen molar-refractivity contribution < 1.29 is 4.74 Å². The second kappa shape index (κ2) is 6.20. The first-order valence-electron chi connectivity index (χ1n) is 5.28. The summed E-state index contributed by atoms with van der Waals surface area (Å²) in [6, 6.07) is 0.478. The maximum absolute atomic E-state index is 5.04. The summed E-state index contributed by atoms with van der Waals surface area (Å²) in [5, 5.41) is 4.60. The van der Waals surface area contributed by atoms with Crippen molar-refractivity contribution in [2.75, 3.05) is 13.7 Å². The Hall–Kier alpha value is -0.450. The summed E-state index contributed by atoms with van der Waals surface area (Å²) < 4.78 is 5.04. The highest BCUT2D eigenvalue weighted by atomic mass is 32.1. The molecule has 0 saturated heterocycles. The lowest BCUT2D eigenvalue weighted by molar-refractivity contribution is 0.184. The topological polar surface area (TPSA) is 34.1 Å². The van der Waals surface area contributed by atoms with Gasteiger partial charge in [-0.05, 0) is 27.2 Å². The number of aromatic nitrogens is 1. The molecular formula is C11H20N2OS. The van der Waals surface area contributed by atoms with Crippen molar-refractivity contribution in [1.82, 2.24) is 10.3 Å². The van der Waals surface area contributed by atoms with Crippen molar-refractivity contribution in [3.05, 3.63) is 15.6 Å². The van der Waals surface area contributed by atoms with Gasteiger partial charge in [-0.25, -0.2) is 4.98 Å². The van der Waals surface area contributed by atoms with Crippen LogP contribution >= 0.6 is 11.3 Å². The van der Waals surface area contributed by atoms with Gasteiger partial charge in [-0.3, -0.25) is 0 Å². The molecule has 15 heavy (non-hydrogen) atoms. The number of methoxy groups -OCH3 is 1. The number of nitrogens with zero attached hydrogens (tertiary/aromatic N) is 1. The summed E-state index contributed by atoms with van der Waals surface area (Å²) in [7, 11) is 1.74. The minimum Gasteiger partial charge on any atom is -0.385 e. The number of ether oxygens (including phenoxy) is 1. The molecule has 0 spiro atoms. The predicted molar refractivity (Wildman–Crippen MR) is 64.4 cm³/mol. The van der Waals surface area contributed by atoms with Crippen molar-refractivity contribution in [1.29, 1.82) is 0 Å². The molecule has 1 N–H and O–H groups in total. The molecule has 0 aliphatic heterocycles. The molecule has 1 aromatic rings. The maximum Gasteiger partial charge on any atom is 0.0900 e. The molecule has 0 aliphatic carbocycles. The van der Waals surface area contributed by atoms with Crippen LogP contribution < -0.4 is 5.32 Å². The fourth-order valence-corrected chi connectivity index (χ4v) is 2.24. The molecule has 0 bridgehead atoms. The van der Waals surface area contributed by atoms with Crippen LogP contribution in [0.3, 0.4) is 0 Å². The lowest BCUT2D eigenvalue weighted by Crippen LogP contribution is -2.27. The van der Waals surface area contributed by atoms with Crippen molar-refractivity contribution >= 4 is 11.3 Å². The van der Waals surface area contributed by atoms with E-state index in [9.17, 15) is 0 Å². The average molecular weight is 228 g/mol. The molecule has 1 aromatic heterocycles. The number of thiazole rings is 1. The van der Waals surface area contributed by atoms with E-state index in [4.69, 9.17) is 4.74 Å².